The lowest BCUT2D eigenvalue weighted by molar-refractivity contribution is -0.123. The summed E-state index contributed by atoms with van der Waals surface area (Å²) in [6, 6.07) is 8.12. The van der Waals surface area contributed by atoms with Crippen molar-refractivity contribution in [3.8, 4) is 0 Å². The Morgan fingerprint density at radius 2 is 1.95 bits per heavy atom. The van der Waals surface area contributed by atoms with Gasteiger partial charge in [-0.3, -0.25) is 4.79 Å². The Morgan fingerprint density at radius 3 is 2.71 bits per heavy atom. The highest BCUT2D eigenvalue weighted by atomic mass is 32.2. The standard InChI is InChI=1S/C17H23NO2S/c19-16(14-11-21-15-8-4-3-7-13(14)15)18-12-17(20)9-5-1-2-6-10-17/h3-4,7-8,14,20H,1-2,5-6,9-12H2,(H,18,19). The van der Waals surface area contributed by atoms with Crippen LogP contribution in [-0.4, -0.2) is 28.9 Å². The van der Waals surface area contributed by atoms with Gasteiger partial charge in [-0.15, -0.1) is 11.8 Å². The van der Waals surface area contributed by atoms with Gasteiger partial charge in [0.1, 0.15) is 0 Å². The van der Waals surface area contributed by atoms with Crippen LogP contribution in [-0.2, 0) is 4.79 Å². The number of aliphatic hydroxyl groups is 1. The summed E-state index contributed by atoms with van der Waals surface area (Å²) in [6.45, 7) is 0.398. The number of nitrogens with one attached hydrogen (secondary N) is 1. The summed E-state index contributed by atoms with van der Waals surface area (Å²) >= 11 is 1.74. The first-order chi connectivity index (χ1) is 10.2. The normalized spacial score (nSPS) is 24.1. The average Bonchev–Trinajstić information content (AvgIpc) is 2.81. The molecule has 4 heteroatoms. The Labute approximate surface area is 130 Å². The van der Waals surface area contributed by atoms with Gasteiger partial charge in [-0.25, -0.2) is 0 Å². The highest BCUT2D eigenvalue weighted by molar-refractivity contribution is 7.99. The number of carbonyl (C=O) groups excluding carboxylic acids is 1. The van der Waals surface area contributed by atoms with Crippen molar-refractivity contribution in [3.05, 3.63) is 29.8 Å². The molecule has 0 saturated heterocycles. The van der Waals surface area contributed by atoms with E-state index in [4.69, 9.17) is 0 Å². The molecule has 3 nitrogen and oxygen atoms in total. The van der Waals surface area contributed by atoms with Gasteiger partial charge in [0.05, 0.1) is 11.5 Å². The number of carbonyl (C=O) groups is 1. The van der Waals surface area contributed by atoms with Crippen molar-refractivity contribution in [2.45, 2.75) is 54.9 Å². The van der Waals surface area contributed by atoms with Crippen molar-refractivity contribution in [1.29, 1.82) is 0 Å². The second kappa shape index (κ2) is 6.41. The average molecular weight is 305 g/mol. The zero-order valence-corrected chi connectivity index (χ0v) is 13.1. The monoisotopic (exact) mass is 305 g/mol. The smallest absolute Gasteiger partial charge is 0.228 e. The molecule has 1 saturated carbocycles. The van der Waals surface area contributed by atoms with Gasteiger partial charge in [-0.1, -0.05) is 43.9 Å². The van der Waals surface area contributed by atoms with Gasteiger partial charge >= 0.3 is 0 Å². The molecule has 114 valence electrons. The van der Waals surface area contributed by atoms with Crippen molar-refractivity contribution in [1.82, 2.24) is 5.32 Å². The van der Waals surface area contributed by atoms with Crippen LogP contribution in [0, 0.1) is 0 Å². The molecular weight excluding hydrogens is 282 g/mol. The highest BCUT2D eigenvalue weighted by Crippen LogP contribution is 2.39. The lowest BCUT2D eigenvalue weighted by Crippen LogP contribution is -2.44. The van der Waals surface area contributed by atoms with Gasteiger partial charge in [0.15, 0.2) is 0 Å². The minimum atomic E-state index is -0.697. The lowest BCUT2D eigenvalue weighted by Gasteiger charge is -2.27. The van der Waals surface area contributed by atoms with Gasteiger partial charge < -0.3 is 10.4 Å². The Kier molecular flexibility index (Phi) is 4.55. The number of rotatable bonds is 3. The molecule has 1 fully saturated rings. The third-order valence-corrected chi connectivity index (χ3v) is 5.83. The summed E-state index contributed by atoms with van der Waals surface area (Å²) < 4.78 is 0. The van der Waals surface area contributed by atoms with E-state index in [1.165, 1.54) is 17.7 Å². The summed E-state index contributed by atoms with van der Waals surface area (Å²) in [5.74, 6) is 0.801. The fourth-order valence-electron chi connectivity index (χ4n) is 3.32. The van der Waals surface area contributed by atoms with Crippen LogP contribution in [0.4, 0.5) is 0 Å². The van der Waals surface area contributed by atoms with E-state index in [9.17, 15) is 9.90 Å². The summed E-state index contributed by atoms with van der Waals surface area (Å²) in [5, 5.41) is 13.6. The van der Waals surface area contributed by atoms with Gasteiger partial charge in [-0.05, 0) is 24.5 Å². The molecule has 1 aliphatic carbocycles. The molecule has 1 aromatic rings. The molecule has 1 aliphatic heterocycles. The zero-order valence-electron chi connectivity index (χ0n) is 12.3. The fraction of sp³-hybridized carbons (Fsp3) is 0.588. The van der Waals surface area contributed by atoms with Gasteiger partial charge in [0, 0.05) is 17.2 Å². The highest BCUT2D eigenvalue weighted by Gasteiger charge is 2.32. The predicted molar refractivity (Wildman–Crippen MR) is 85.6 cm³/mol. The Balaban J connectivity index is 1.60. The predicted octanol–water partition coefficient (Wildman–Crippen LogP) is 3.08. The Hall–Kier alpha value is -1.00. The van der Waals surface area contributed by atoms with Crippen LogP contribution in [0.25, 0.3) is 0 Å². The van der Waals surface area contributed by atoms with E-state index < -0.39 is 5.60 Å². The van der Waals surface area contributed by atoms with E-state index in [1.807, 2.05) is 18.2 Å². The molecule has 21 heavy (non-hydrogen) atoms. The van der Waals surface area contributed by atoms with E-state index in [2.05, 4.69) is 11.4 Å². The fourth-order valence-corrected chi connectivity index (χ4v) is 4.55. The Morgan fingerprint density at radius 1 is 1.24 bits per heavy atom. The first-order valence-corrected chi connectivity index (χ1v) is 8.88. The summed E-state index contributed by atoms with van der Waals surface area (Å²) in [5.41, 5.74) is 0.435. The molecule has 1 atom stereocenters. The van der Waals surface area contributed by atoms with Crippen LogP contribution in [0.2, 0.25) is 0 Å². The molecule has 1 heterocycles. The molecule has 3 rings (SSSR count). The molecule has 2 N–H and O–H groups in total. The van der Waals surface area contributed by atoms with Crippen LogP contribution in [0.1, 0.15) is 50.0 Å². The largest absolute Gasteiger partial charge is 0.388 e. The lowest BCUT2D eigenvalue weighted by atomic mass is 9.93. The molecule has 0 bridgehead atoms. The van der Waals surface area contributed by atoms with Crippen LogP contribution in [0.15, 0.2) is 29.2 Å². The zero-order chi connectivity index (χ0) is 14.7. The number of thioether (sulfide) groups is 1. The first-order valence-electron chi connectivity index (χ1n) is 7.90. The quantitative estimate of drug-likeness (QED) is 0.844. The van der Waals surface area contributed by atoms with Gasteiger partial charge in [-0.2, -0.15) is 0 Å². The van der Waals surface area contributed by atoms with Gasteiger partial charge in [0.2, 0.25) is 5.91 Å². The number of hydrogen-bond donors (Lipinski definition) is 2. The van der Waals surface area contributed by atoms with Crippen molar-refractivity contribution in [3.63, 3.8) is 0 Å². The van der Waals surface area contributed by atoms with E-state index in [-0.39, 0.29) is 11.8 Å². The van der Waals surface area contributed by atoms with Crippen molar-refractivity contribution >= 4 is 17.7 Å². The minimum absolute atomic E-state index is 0.0603. The first kappa shape index (κ1) is 14.9. The third kappa shape index (κ3) is 3.43. The van der Waals surface area contributed by atoms with Crippen molar-refractivity contribution < 1.29 is 9.90 Å². The van der Waals surface area contributed by atoms with Crippen LogP contribution in [0.3, 0.4) is 0 Å². The second-order valence-corrected chi connectivity index (χ2v) is 7.32. The molecule has 0 radical (unpaired) electrons. The minimum Gasteiger partial charge on any atom is -0.388 e. The molecule has 1 amide bonds. The number of fused-ring (bicyclic) bond motifs is 1. The SMILES string of the molecule is O=C(NCC1(O)CCCCCC1)C1CSc2ccccc21. The Bertz CT molecular complexity index is 509. The van der Waals surface area contributed by atoms with E-state index in [0.717, 1.165) is 37.0 Å². The molecule has 1 aromatic carbocycles. The van der Waals surface area contributed by atoms with E-state index in [0.29, 0.717) is 6.54 Å². The molecular formula is C17H23NO2S. The summed E-state index contributed by atoms with van der Waals surface area (Å²) in [4.78, 5) is 13.7. The summed E-state index contributed by atoms with van der Waals surface area (Å²) in [6.07, 6.45) is 6.14. The molecule has 1 unspecified atom stereocenters. The van der Waals surface area contributed by atoms with Crippen LogP contribution >= 0.6 is 11.8 Å². The van der Waals surface area contributed by atoms with Crippen molar-refractivity contribution in [2.24, 2.45) is 0 Å². The number of amides is 1. The van der Waals surface area contributed by atoms with Crippen LogP contribution in [0.5, 0.6) is 0 Å². The molecule has 2 aliphatic rings. The maximum atomic E-state index is 12.4. The van der Waals surface area contributed by atoms with E-state index >= 15 is 0 Å². The third-order valence-electron chi connectivity index (χ3n) is 4.64. The maximum absolute atomic E-state index is 12.4. The van der Waals surface area contributed by atoms with Gasteiger partial charge in [0.25, 0.3) is 0 Å². The molecule has 0 spiro atoms. The van der Waals surface area contributed by atoms with Crippen molar-refractivity contribution in [2.75, 3.05) is 12.3 Å². The van der Waals surface area contributed by atoms with Crippen LogP contribution < -0.4 is 5.32 Å². The maximum Gasteiger partial charge on any atom is 0.228 e. The topological polar surface area (TPSA) is 49.3 Å². The number of benzene rings is 1. The van der Waals surface area contributed by atoms with E-state index in [1.54, 1.807) is 11.8 Å². The number of hydrogen-bond acceptors (Lipinski definition) is 3. The second-order valence-electron chi connectivity index (χ2n) is 6.26. The molecule has 0 aromatic heterocycles. The summed E-state index contributed by atoms with van der Waals surface area (Å²) in [7, 11) is 0.